The second-order valence-corrected chi connectivity index (χ2v) is 2.93. The highest BCUT2D eigenvalue weighted by molar-refractivity contribution is 6.23. The monoisotopic (exact) mass is 218 g/mol. The number of carbonyl (C=O) groups excluding carboxylic acids is 1. The summed E-state index contributed by atoms with van der Waals surface area (Å²) in [5.74, 6) is -1.62. The largest absolute Gasteiger partial charge is 0.463 e. The summed E-state index contributed by atoms with van der Waals surface area (Å²) >= 11 is 4.28. The van der Waals surface area contributed by atoms with Crippen molar-refractivity contribution >= 4 is 17.6 Å². The Hall–Kier alpha value is -0.450. The average molecular weight is 219 g/mol. The molecular formula is C7H10ClF3O2. The molecule has 0 fully saturated rings. The maximum atomic E-state index is 12.4. The maximum absolute atomic E-state index is 12.4. The molecule has 0 amide bonds. The summed E-state index contributed by atoms with van der Waals surface area (Å²) in [6, 6.07) is 0. The van der Waals surface area contributed by atoms with Crippen molar-refractivity contribution in [3.63, 3.8) is 0 Å². The van der Waals surface area contributed by atoms with Gasteiger partial charge in [0.15, 0.2) is 0 Å². The van der Waals surface area contributed by atoms with Gasteiger partial charge in [-0.3, -0.25) is 0 Å². The van der Waals surface area contributed by atoms with Crippen LogP contribution in [0.3, 0.4) is 0 Å². The summed E-state index contributed by atoms with van der Waals surface area (Å²) in [5, 5.41) is -4.19. The van der Waals surface area contributed by atoms with Gasteiger partial charge in [-0.25, -0.2) is 9.18 Å². The predicted octanol–water partition coefficient (Wildman–Crippen LogP) is 2.50. The number of carbonyl (C=O) groups is 1. The van der Waals surface area contributed by atoms with Gasteiger partial charge in [0.25, 0.3) is 6.17 Å². The van der Waals surface area contributed by atoms with Crippen molar-refractivity contribution in [3.8, 4) is 0 Å². The zero-order chi connectivity index (χ0) is 10.5. The third-order valence-electron chi connectivity index (χ3n) is 1.24. The molecule has 2 nitrogen and oxygen atoms in total. The predicted molar refractivity (Wildman–Crippen MR) is 41.6 cm³/mol. The van der Waals surface area contributed by atoms with Gasteiger partial charge in [-0.2, -0.15) is 8.78 Å². The van der Waals surface area contributed by atoms with E-state index in [0.717, 1.165) is 6.42 Å². The van der Waals surface area contributed by atoms with Gasteiger partial charge in [-0.05, 0) is 18.0 Å². The van der Waals surface area contributed by atoms with Crippen LogP contribution < -0.4 is 0 Å². The van der Waals surface area contributed by atoms with Gasteiger partial charge in [0.1, 0.15) is 0 Å². The fourth-order valence-electron chi connectivity index (χ4n) is 0.524. The lowest BCUT2D eigenvalue weighted by Crippen LogP contribution is -2.33. The molecule has 0 aliphatic rings. The molecule has 0 aliphatic carbocycles. The van der Waals surface area contributed by atoms with Gasteiger partial charge in [-0.15, -0.1) is 0 Å². The van der Waals surface area contributed by atoms with E-state index in [2.05, 4.69) is 16.3 Å². The first-order valence-corrected chi connectivity index (χ1v) is 4.14. The first-order valence-electron chi connectivity index (χ1n) is 3.77. The molecule has 0 heterocycles. The smallest absolute Gasteiger partial charge is 0.363 e. The number of unbranched alkanes of at least 4 members (excludes halogenated alkanes) is 1. The Morgan fingerprint density at radius 1 is 1.62 bits per heavy atom. The molecular weight excluding hydrogens is 209 g/mol. The van der Waals surface area contributed by atoms with Crippen molar-refractivity contribution in [3.05, 3.63) is 0 Å². The fraction of sp³-hybridized carbons (Fsp3) is 0.857. The Labute approximate surface area is 79.0 Å². The van der Waals surface area contributed by atoms with E-state index in [0.29, 0.717) is 6.42 Å². The molecule has 0 radical (unpaired) electrons. The standard InChI is InChI=1S/C7H10ClF3O2/c1-2-3-4-13-6(12)5(9)7(8,10)11/h5H,2-4H2,1H3. The first kappa shape index (κ1) is 12.5. The SMILES string of the molecule is CCCCOC(=O)C(F)C(F)(F)Cl. The van der Waals surface area contributed by atoms with Crippen molar-refractivity contribution in [1.82, 2.24) is 0 Å². The molecule has 0 bridgehead atoms. The number of hydrogen-bond acceptors (Lipinski definition) is 2. The average Bonchev–Trinajstić information content (AvgIpc) is 2.01. The zero-order valence-corrected chi connectivity index (χ0v) is 7.78. The van der Waals surface area contributed by atoms with E-state index < -0.39 is 17.5 Å². The van der Waals surface area contributed by atoms with Gasteiger partial charge in [-0.1, -0.05) is 13.3 Å². The Kier molecular flexibility index (Phi) is 5.13. The highest BCUT2D eigenvalue weighted by Gasteiger charge is 2.44. The number of esters is 1. The number of ether oxygens (including phenoxy) is 1. The van der Waals surface area contributed by atoms with E-state index in [-0.39, 0.29) is 6.61 Å². The van der Waals surface area contributed by atoms with Crippen LogP contribution in [0, 0.1) is 0 Å². The van der Waals surface area contributed by atoms with Crippen LogP contribution in [0.25, 0.3) is 0 Å². The van der Waals surface area contributed by atoms with Crippen molar-refractivity contribution in [1.29, 1.82) is 0 Å². The third-order valence-corrected chi connectivity index (χ3v) is 1.43. The molecule has 0 saturated carbocycles. The van der Waals surface area contributed by atoms with Gasteiger partial charge in [0.2, 0.25) is 0 Å². The van der Waals surface area contributed by atoms with Crippen LogP contribution in [0.4, 0.5) is 13.2 Å². The molecule has 0 rings (SSSR count). The summed E-state index contributed by atoms with van der Waals surface area (Å²) in [6.07, 6.45) is -1.86. The van der Waals surface area contributed by atoms with E-state index in [1.54, 1.807) is 0 Å². The van der Waals surface area contributed by atoms with E-state index in [4.69, 9.17) is 0 Å². The van der Waals surface area contributed by atoms with Crippen molar-refractivity contribution in [2.24, 2.45) is 0 Å². The van der Waals surface area contributed by atoms with Gasteiger partial charge < -0.3 is 4.74 Å². The molecule has 78 valence electrons. The maximum Gasteiger partial charge on any atom is 0.363 e. The molecule has 0 aliphatic heterocycles. The summed E-state index contributed by atoms with van der Waals surface area (Å²) in [6.45, 7) is 1.75. The normalized spacial score (nSPS) is 13.9. The van der Waals surface area contributed by atoms with Crippen LogP contribution in [0.5, 0.6) is 0 Å². The summed E-state index contributed by atoms with van der Waals surface area (Å²) in [4.78, 5) is 10.5. The van der Waals surface area contributed by atoms with Crippen LogP contribution in [0.2, 0.25) is 0 Å². The Morgan fingerprint density at radius 2 is 2.15 bits per heavy atom. The van der Waals surface area contributed by atoms with Crippen LogP contribution in [-0.2, 0) is 9.53 Å². The van der Waals surface area contributed by atoms with E-state index >= 15 is 0 Å². The molecule has 0 aromatic carbocycles. The molecule has 0 saturated heterocycles. The lowest BCUT2D eigenvalue weighted by Gasteiger charge is -2.12. The number of alkyl halides is 4. The quantitative estimate of drug-likeness (QED) is 0.403. The number of halogens is 4. The fourth-order valence-corrected chi connectivity index (χ4v) is 0.613. The Balaban J connectivity index is 3.84. The minimum Gasteiger partial charge on any atom is -0.463 e. The second-order valence-electron chi connectivity index (χ2n) is 2.43. The number of rotatable bonds is 5. The topological polar surface area (TPSA) is 26.3 Å². The number of hydrogen-bond donors (Lipinski definition) is 0. The molecule has 0 aromatic heterocycles. The van der Waals surface area contributed by atoms with Gasteiger partial charge in [0.05, 0.1) is 6.61 Å². The van der Waals surface area contributed by atoms with Crippen LogP contribution in [-0.4, -0.2) is 24.1 Å². The van der Waals surface area contributed by atoms with Crippen molar-refractivity contribution in [2.75, 3.05) is 6.61 Å². The van der Waals surface area contributed by atoms with Crippen molar-refractivity contribution in [2.45, 2.75) is 31.3 Å². The van der Waals surface area contributed by atoms with E-state index in [1.165, 1.54) is 0 Å². The molecule has 0 aromatic rings. The van der Waals surface area contributed by atoms with E-state index in [1.807, 2.05) is 6.92 Å². The summed E-state index contributed by atoms with van der Waals surface area (Å²) in [7, 11) is 0. The lowest BCUT2D eigenvalue weighted by molar-refractivity contribution is -0.158. The highest BCUT2D eigenvalue weighted by Crippen LogP contribution is 2.26. The second kappa shape index (κ2) is 5.32. The Bertz CT molecular complexity index is 170. The minimum absolute atomic E-state index is 0.0667. The third kappa shape index (κ3) is 4.98. The summed E-state index contributed by atoms with van der Waals surface area (Å²) < 4.78 is 40.5. The molecule has 1 unspecified atom stereocenters. The van der Waals surface area contributed by atoms with Crippen LogP contribution >= 0.6 is 11.6 Å². The summed E-state index contributed by atoms with van der Waals surface area (Å²) in [5.41, 5.74) is 0. The molecule has 6 heteroatoms. The van der Waals surface area contributed by atoms with Gasteiger partial charge in [0, 0.05) is 0 Å². The van der Waals surface area contributed by atoms with Gasteiger partial charge >= 0.3 is 11.4 Å². The molecule has 0 spiro atoms. The van der Waals surface area contributed by atoms with Crippen LogP contribution in [0.15, 0.2) is 0 Å². The first-order chi connectivity index (χ1) is 5.89. The minimum atomic E-state index is -4.19. The Morgan fingerprint density at radius 3 is 2.54 bits per heavy atom. The highest BCUT2D eigenvalue weighted by atomic mass is 35.5. The molecule has 1 atom stereocenters. The lowest BCUT2D eigenvalue weighted by atomic mass is 10.3. The van der Waals surface area contributed by atoms with Crippen molar-refractivity contribution < 1.29 is 22.7 Å². The molecule has 13 heavy (non-hydrogen) atoms. The van der Waals surface area contributed by atoms with E-state index in [9.17, 15) is 18.0 Å². The van der Waals surface area contributed by atoms with Crippen LogP contribution in [0.1, 0.15) is 19.8 Å². The zero-order valence-electron chi connectivity index (χ0n) is 7.03. The molecule has 0 N–H and O–H groups in total.